The number of hydrogen-bond donors (Lipinski definition) is 0. The number of carbonyl (C=O) groups excluding carboxylic acids is 1. The lowest BCUT2D eigenvalue weighted by Gasteiger charge is -2.27. The number of piperidine rings is 1. The highest BCUT2D eigenvalue weighted by Crippen LogP contribution is 2.27. The number of benzene rings is 2. The normalized spacial score (nSPS) is 17.2. The van der Waals surface area contributed by atoms with Gasteiger partial charge in [-0.15, -0.1) is 0 Å². The quantitative estimate of drug-likeness (QED) is 0.734. The molecule has 0 atom stereocenters. The van der Waals surface area contributed by atoms with Gasteiger partial charge in [0, 0.05) is 31.6 Å². The molecule has 3 nitrogen and oxygen atoms in total. The lowest BCUT2D eigenvalue weighted by Crippen LogP contribution is -2.35. The van der Waals surface area contributed by atoms with Crippen molar-refractivity contribution >= 4 is 27.8 Å². The minimum Gasteiger partial charge on any atom is -0.496 e. The van der Waals surface area contributed by atoms with Crippen molar-refractivity contribution in [3.05, 3.63) is 69.7 Å². The number of carbonyl (C=O) groups is 1. The first-order valence-corrected chi connectivity index (χ1v) is 8.78. The smallest absolute Gasteiger partial charge is 0.161 e. The fraction of sp³-hybridized carbons (Fsp3) is 0.250. The average Bonchev–Trinajstić information content (AvgIpc) is 2.59. The van der Waals surface area contributed by atoms with E-state index in [2.05, 4.69) is 45.1 Å². The minimum absolute atomic E-state index is 0.242. The Bertz CT molecular complexity index is 755. The maximum Gasteiger partial charge on any atom is 0.161 e. The molecule has 0 radical (unpaired) electrons. The summed E-state index contributed by atoms with van der Waals surface area (Å²) in [5, 5.41) is 0. The molecule has 24 heavy (non-hydrogen) atoms. The van der Waals surface area contributed by atoms with Crippen molar-refractivity contribution in [1.82, 2.24) is 4.90 Å². The molecule has 1 saturated heterocycles. The molecule has 0 unspecified atom stereocenters. The van der Waals surface area contributed by atoms with E-state index in [0.717, 1.165) is 34.4 Å². The Morgan fingerprint density at radius 2 is 2.00 bits per heavy atom. The van der Waals surface area contributed by atoms with Crippen LogP contribution < -0.4 is 4.74 Å². The Labute approximate surface area is 151 Å². The van der Waals surface area contributed by atoms with Crippen molar-refractivity contribution in [3.63, 3.8) is 0 Å². The number of hydrogen-bond acceptors (Lipinski definition) is 3. The molecular formula is C20H20BrNO2. The summed E-state index contributed by atoms with van der Waals surface area (Å²) in [7, 11) is 1.64. The second-order valence-corrected chi connectivity index (χ2v) is 6.79. The van der Waals surface area contributed by atoms with Crippen LogP contribution in [0, 0.1) is 0 Å². The molecule has 1 fully saturated rings. The first kappa shape index (κ1) is 16.9. The molecule has 3 rings (SSSR count). The molecule has 1 aliphatic heterocycles. The van der Waals surface area contributed by atoms with Gasteiger partial charge >= 0.3 is 0 Å². The molecule has 0 bridgehead atoms. The van der Waals surface area contributed by atoms with Gasteiger partial charge in [-0.2, -0.15) is 0 Å². The Morgan fingerprint density at radius 1 is 1.21 bits per heavy atom. The Kier molecular flexibility index (Phi) is 5.48. The van der Waals surface area contributed by atoms with Gasteiger partial charge in [-0.05, 0) is 45.3 Å². The second-order valence-electron chi connectivity index (χ2n) is 5.93. The van der Waals surface area contributed by atoms with Crippen LogP contribution in [-0.2, 0) is 11.3 Å². The number of halogens is 1. The second kappa shape index (κ2) is 7.77. The van der Waals surface area contributed by atoms with Gasteiger partial charge in [0.05, 0.1) is 11.6 Å². The molecule has 124 valence electrons. The van der Waals surface area contributed by atoms with Crippen molar-refractivity contribution in [3.8, 4) is 5.75 Å². The Balaban J connectivity index is 1.76. The highest BCUT2D eigenvalue weighted by atomic mass is 79.9. The molecule has 0 amide bonds. The third-order valence-electron chi connectivity index (χ3n) is 4.17. The van der Waals surface area contributed by atoms with E-state index in [9.17, 15) is 4.79 Å². The summed E-state index contributed by atoms with van der Waals surface area (Å²) in [6.45, 7) is 2.38. The zero-order valence-electron chi connectivity index (χ0n) is 13.7. The monoisotopic (exact) mass is 385 g/mol. The van der Waals surface area contributed by atoms with Gasteiger partial charge in [0.2, 0.25) is 0 Å². The zero-order valence-corrected chi connectivity index (χ0v) is 15.3. The van der Waals surface area contributed by atoms with Crippen molar-refractivity contribution in [2.75, 3.05) is 20.2 Å². The third-order valence-corrected chi connectivity index (χ3v) is 4.79. The van der Waals surface area contributed by atoms with Crippen LogP contribution in [-0.4, -0.2) is 30.9 Å². The average molecular weight is 386 g/mol. The highest BCUT2D eigenvalue weighted by Gasteiger charge is 2.21. The van der Waals surface area contributed by atoms with Crippen LogP contribution in [0.5, 0.6) is 5.75 Å². The molecular weight excluding hydrogens is 366 g/mol. The first-order valence-electron chi connectivity index (χ1n) is 7.99. The third kappa shape index (κ3) is 4.13. The topological polar surface area (TPSA) is 29.5 Å². The van der Waals surface area contributed by atoms with Gasteiger partial charge in [0.15, 0.2) is 5.78 Å². The summed E-state index contributed by atoms with van der Waals surface area (Å²) in [6, 6.07) is 16.2. The van der Waals surface area contributed by atoms with Gasteiger partial charge in [0.25, 0.3) is 0 Å². The summed E-state index contributed by atoms with van der Waals surface area (Å²) in [5.74, 6) is 1.03. The summed E-state index contributed by atoms with van der Waals surface area (Å²) in [6.07, 6.45) is 2.57. The SMILES string of the molecule is COc1ccc(/C=C2\CN(Cc3ccccc3)CCC2=O)cc1Br. The molecule has 2 aromatic rings. The molecule has 0 spiro atoms. The van der Waals surface area contributed by atoms with Crippen LogP contribution in [0.4, 0.5) is 0 Å². The van der Waals surface area contributed by atoms with Gasteiger partial charge < -0.3 is 4.74 Å². The maximum atomic E-state index is 12.3. The van der Waals surface area contributed by atoms with Crippen molar-refractivity contribution in [2.45, 2.75) is 13.0 Å². The number of ketones is 1. The fourth-order valence-corrected chi connectivity index (χ4v) is 3.46. The van der Waals surface area contributed by atoms with Crippen molar-refractivity contribution < 1.29 is 9.53 Å². The van der Waals surface area contributed by atoms with Gasteiger partial charge in [0.1, 0.15) is 5.75 Å². The van der Waals surface area contributed by atoms with E-state index in [4.69, 9.17) is 4.74 Å². The number of rotatable bonds is 4. The minimum atomic E-state index is 0.242. The molecule has 0 N–H and O–H groups in total. The maximum absolute atomic E-state index is 12.3. The van der Waals surface area contributed by atoms with Gasteiger partial charge in [-0.1, -0.05) is 36.4 Å². The van der Waals surface area contributed by atoms with E-state index >= 15 is 0 Å². The van der Waals surface area contributed by atoms with E-state index in [1.54, 1.807) is 7.11 Å². The van der Waals surface area contributed by atoms with E-state index in [0.29, 0.717) is 13.0 Å². The van der Waals surface area contributed by atoms with E-state index in [1.807, 2.05) is 30.3 Å². The number of ether oxygens (including phenoxy) is 1. The zero-order chi connectivity index (χ0) is 16.9. The van der Waals surface area contributed by atoms with Crippen molar-refractivity contribution in [2.24, 2.45) is 0 Å². The van der Waals surface area contributed by atoms with Crippen LogP contribution in [0.25, 0.3) is 6.08 Å². The van der Waals surface area contributed by atoms with Crippen LogP contribution in [0.2, 0.25) is 0 Å². The Hall–Kier alpha value is -1.91. The fourth-order valence-electron chi connectivity index (χ4n) is 2.90. The summed E-state index contributed by atoms with van der Waals surface area (Å²) in [5.41, 5.74) is 3.15. The van der Waals surface area contributed by atoms with Crippen LogP contribution in [0.15, 0.2) is 58.6 Å². The summed E-state index contributed by atoms with van der Waals surface area (Å²) < 4.78 is 6.14. The molecule has 0 aromatic heterocycles. The van der Waals surface area contributed by atoms with Crippen LogP contribution >= 0.6 is 15.9 Å². The predicted molar refractivity (Wildman–Crippen MR) is 100 cm³/mol. The van der Waals surface area contributed by atoms with E-state index in [-0.39, 0.29) is 5.78 Å². The summed E-state index contributed by atoms with van der Waals surface area (Å²) >= 11 is 3.49. The molecule has 4 heteroatoms. The van der Waals surface area contributed by atoms with Crippen LogP contribution in [0.3, 0.4) is 0 Å². The Morgan fingerprint density at radius 3 is 2.71 bits per heavy atom. The lowest BCUT2D eigenvalue weighted by atomic mass is 9.99. The predicted octanol–water partition coefficient (Wildman–Crippen LogP) is 4.32. The number of likely N-dealkylation sites (tertiary alicyclic amines) is 1. The lowest BCUT2D eigenvalue weighted by molar-refractivity contribution is -0.117. The number of nitrogens with zero attached hydrogens (tertiary/aromatic N) is 1. The molecule has 0 saturated carbocycles. The standard InChI is InChI=1S/C20H20BrNO2/c1-24-20-8-7-16(12-18(20)21)11-17-14-22(10-9-19(17)23)13-15-5-3-2-4-6-15/h2-8,11-12H,9-10,13-14H2,1H3/b17-11+. The molecule has 0 aliphatic carbocycles. The van der Waals surface area contributed by atoms with E-state index < -0.39 is 0 Å². The first-order chi connectivity index (χ1) is 11.7. The summed E-state index contributed by atoms with van der Waals surface area (Å²) in [4.78, 5) is 14.6. The largest absolute Gasteiger partial charge is 0.496 e. The van der Waals surface area contributed by atoms with Gasteiger partial charge in [-0.25, -0.2) is 0 Å². The molecule has 1 aliphatic rings. The van der Waals surface area contributed by atoms with Crippen molar-refractivity contribution in [1.29, 1.82) is 0 Å². The highest BCUT2D eigenvalue weighted by molar-refractivity contribution is 9.10. The number of Topliss-reactive ketones (excluding diaryl/α,β-unsaturated/α-hetero) is 1. The molecule has 1 heterocycles. The number of methoxy groups -OCH3 is 1. The van der Waals surface area contributed by atoms with Gasteiger partial charge in [-0.3, -0.25) is 9.69 Å². The van der Waals surface area contributed by atoms with Crippen LogP contribution in [0.1, 0.15) is 17.5 Å². The van der Waals surface area contributed by atoms with E-state index in [1.165, 1.54) is 5.56 Å². The molecule has 2 aromatic carbocycles.